The maximum absolute atomic E-state index is 11.9. The van der Waals surface area contributed by atoms with E-state index < -0.39 is 0 Å². The molecule has 1 fully saturated rings. The molecule has 0 aliphatic carbocycles. The van der Waals surface area contributed by atoms with E-state index in [0.29, 0.717) is 12.6 Å². The number of carbonyl (C=O) groups excluding carboxylic acids is 1. The molecular formula is C14H28N2O2. The molecule has 0 aromatic heterocycles. The number of nitrogens with one attached hydrogen (secondary N) is 1. The largest absolute Gasteiger partial charge is 0.465 e. The molecule has 4 nitrogen and oxygen atoms in total. The lowest BCUT2D eigenvalue weighted by Crippen LogP contribution is -2.51. The summed E-state index contributed by atoms with van der Waals surface area (Å²) in [6.45, 7) is 11.7. The zero-order valence-electron chi connectivity index (χ0n) is 12.2. The van der Waals surface area contributed by atoms with Crippen molar-refractivity contribution in [2.75, 3.05) is 26.2 Å². The Labute approximate surface area is 111 Å². The van der Waals surface area contributed by atoms with Gasteiger partial charge in [0.15, 0.2) is 0 Å². The van der Waals surface area contributed by atoms with E-state index in [4.69, 9.17) is 4.74 Å². The average molecular weight is 256 g/mol. The maximum Gasteiger partial charge on any atom is 0.324 e. The number of piperidine rings is 1. The summed E-state index contributed by atoms with van der Waals surface area (Å²) in [6.07, 6.45) is 2.54. The Balaban J connectivity index is 2.51. The van der Waals surface area contributed by atoms with E-state index in [9.17, 15) is 4.79 Å². The SMILES string of the molecule is CCOC(=O)C(CN1CCCC(C)C1)NC(C)C. The summed E-state index contributed by atoms with van der Waals surface area (Å²) in [5.74, 6) is 0.616. The zero-order valence-corrected chi connectivity index (χ0v) is 12.2. The first-order valence-corrected chi connectivity index (χ1v) is 7.18. The summed E-state index contributed by atoms with van der Waals surface area (Å²) in [5, 5.41) is 3.31. The molecular weight excluding hydrogens is 228 g/mol. The first kappa shape index (κ1) is 15.4. The van der Waals surface area contributed by atoms with Gasteiger partial charge in [0.2, 0.25) is 0 Å². The van der Waals surface area contributed by atoms with Gasteiger partial charge < -0.3 is 15.0 Å². The van der Waals surface area contributed by atoms with Crippen LogP contribution in [0.2, 0.25) is 0 Å². The number of hydrogen-bond donors (Lipinski definition) is 1. The van der Waals surface area contributed by atoms with Crippen molar-refractivity contribution >= 4 is 5.97 Å². The number of nitrogens with zero attached hydrogens (tertiary/aromatic N) is 1. The Bertz CT molecular complexity index is 256. The van der Waals surface area contributed by atoms with Crippen LogP contribution in [0.3, 0.4) is 0 Å². The Morgan fingerprint density at radius 3 is 2.78 bits per heavy atom. The van der Waals surface area contributed by atoms with E-state index in [-0.39, 0.29) is 12.0 Å². The van der Waals surface area contributed by atoms with E-state index in [1.807, 2.05) is 6.92 Å². The molecule has 106 valence electrons. The van der Waals surface area contributed by atoms with Crippen molar-refractivity contribution in [2.45, 2.75) is 52.6 Å². The third-order valence-electron chi connectivity index (χ3n) is 3.29. The Morgan fingerprint density at radius 2 is 2.22 bits per heavy atom. The van der Waals surface area contributed by atoms with E-state index in [1.54, 1.807) is 0 Å². The third-order valence-corrected chi connectivity index (χ3v) is 3.29. The fourth-order valence-corrected chi connectivity index (χ4v) is 2.55. The number of likely N-dealkylation sites (tertiary alicyclic amines) is 1. The summed E-state index contributed by atoms with van der Waals surface area (Å²) in [6, 6.07) is 0.0943. The van der Waals surface area contributed by atoms with Crippen LogP contribution in [0.5, 0.6) is 0 Å². The lowest BCUT2D eigenvalue weighted by Gasteiger charge is -2.33. The molecule has 2 unspecified atom stereocenters. The fraction of sp³-hybridized carbons (Fsp3) is 0.929. The van der Waals surface area contributed by atoms with Gasteiger partial charge in [-0.1, -0.05) is 20.8 Å². The molecule has 0 amide bonds. The van der Waals surface area contributed by atoms with Crippen molar-refractivity contribution in [1.29, 1.82) is 0 Å². The van der Waals surface area contributed by atoms with Crippen LogP contribution in [-0.4, -0.2) is 49.2 Å². The minimum absolute atomic E-state index is 0.121. The summed E-state index contributed by atoms with van der Waals surface area (Å²) < 4.78 is 5.15. The predicted molar refractivity (Wildman–Crippen MR) is 73.5 cm³/mol. The van der Waals surface area contributed by atoms with E-state index in [0.717, 1.165) is 25.6 Å². The minimum Gasteiger partial charge on any atom is -0.465 e. The van der Waals surface area contributed by atoms with Gasteiger partial charge in [-0.25, -0.2) is 0 Å². The molecule has 0 bridgehead atoms. The third kappa shape index (κ3) is 5.36. The highest BCUT2D eigenvalue weighted by Gasteiger charge is 2.25. The van der Waals surface area contributed by atoms with Crippen LogP contribution in [0.25, 0.3) is 0 Å². The van der Waals surface area contributed by atoms with Gasteiger partial charge in [-0.15, -0.1) is 0 Å². The molecule has 0 spiro atoms. The Hall–Kier alpha value is -0.610. The van der Waals surface area contributed by atoms with Crippen LogP contribution < -0.4 is 5.32 Å². The van der Waals surface area contributed by atoms with Crippen molar-refractivity contribution < 1.29 is 9.53 Å². The fourth-order valence-electron chi connectivity index (χ4n) is 2.55. The van der Waals surface area contributed by atoms with E-state index in [2.05, 4.69) is 31.0 Å². The van der Waals surface area contributed by atoms with Crippen LogP contribution >= 0.6 is 0 Å². The molecule has 0 radical (unpaired) electrons. The van der Waals surface area contributed by atoms with Gasteiger partial charge in [-0.3, -0.25) is 4.79 Å². The summed E-state index contributed by atoms with van der Waals surface area (Å²) in [4.78, 5) is 14.3. The molecule has 18 heavy (non-hydrogen) atoms. The van der Waals surface area contributed by atoms with Gasteiger partial charge in [-0.2, -0.15) is 0 Å². The van der Waals surface area contributed by atoms with Crippen molar-refractivity contribution in [3.63, 3.8) is 0 Å². The summed E-state index contributed by atoms with van der Waals surface area (Å²) in [5.41, 5.74) is 0. The lowest BCUT2D eigenvalue weighted by molar-refractivity contribution is -0.146. The highest BCUT2D eigenvalue weighted by atomic mass is 16.5. The summed E-state index contributed by atoms with van der Waals surface area (Å²) >= 11 is 0. The number of carbonyl (C=O) groups is 1. The molecule has 2 atom stereocenters. The lowest BCUT2D eigenvalue weighted by atomic mass is 10.00. The van der Waals surface area contributed by atoms with Crippen molar-refractivity contribution in [1.82, 2.24) is 10.2 Å². The van der Waals surface area contributed by atoms with Gasteiger partial charge in [0.25, 0.3) is 0 Å². The molecule has 1 saturated heterocycles. The first-order chi connectivity index (χ1) is 8.52. The van der Waals surface area contributed by atoms with Crippen LogP contribution in [-0.2, 0) is 9.53 Å². The predicted octanol–water partition coefficient (Wildman–Crippen LogP) is 1.65. The Kier molecular flexibility index (Phi) is 6.65. The number of ether oxygens (including phenoxy) is 1. The van der Waals surface area contributed by atoms with Crippen molar-refractivity contribution in [2.24, 2.45) is 5.92 Å². The molecule has 0 aromatic rings. The number of rotatable bonds is 6. The van der Waals surface area contributed by atoms with Gasteiger partial charge in [0.1, 0.15) is 6.04 Å². The van der Waals surface area contributed by atoms with Crippen molar-refractivity contribution in [3.8, 4) is 0 Å². The van der Waals surface area contributed by atoms with Crippen LogP contribution in [0, 0.1) is 5.92 Å². The molecule has 4 heteroatoms. The normalized spacial score (nSPS) is 23.1. The monoisotopic (exact) mass is 256 g/mol. The van der Waals surface area contributed by atoms with Crippen LogP contribution in [0.15, 0.2) is 0 Å². The van der Waals surface area contributed by atoms with Gasteiger partial charge in [0.05, 0.1) is 6.61 Å². The highest BCUT2D eigenvalue weighted by molar-refractivity contribution is 5.76. The molecule has 1 heterocycles. The quantitative estimate of drug-likeness (QED) is 0.734. The topological polar surface area (TPSA) is 41.6 Å². The van der Waals surface area contributed by atoms with Gasteiger partial charge >= 0.3 is 5.97 Å². The van der Waals surface area contributed by atoms with Crippen molar-refractivity contribution in [3.05, 3.63) is 0 Å². The molecule has 1 aliphatic rings. The number of hydrogen-bond acceptors (Lipinski definition) is 4. The maximum atomic E-state index is 11.9. The highest BCUT2D eigenvalue weighted by Crippen LogP contribution is 2.15. The van der Waals surface area contributed by atoms with E-state index in [1.165, 1.54) is 12.8 Å². The average Bonchev–Trinajstić information content (AvgIpc) is 2.28. The second-order valence-electron chi connectivity index (χ2n) is 5.63. The smallest absolute Gasteiger partial charge is 0.324 e. The van der Waals surface area contributed by atoms with Gasteiger partial charge in [0, 0.05) is 19.1 Å². The minimum atomic E-state index is -0.199. The molecule has 0 saturated carbocycles. The van der Waals surface area contributed by atoms with E-state index >= 15 is 0 Å². The van der Waals surface area contributed by atoms with Crippen LogP contribution in [0.1, 0.15) is 40.5 Å². The zero-order chi connectivity index (χ0) is 13.5. The first-order valence-electron chi connectivity index (χ1n) is 7.18. The van der Waals surface area contributed by atoms with Crippen LogP contribution in [0.4, 0.5) is 0 Å². The molecule has 0 aromatic carbocycles. The summed E-state index contributed by atoms with van der Waals surface area (Å²) in [7, 11) is 0. The molecule has 1 aliphatic heterocycles. The number of esters is 1. The molecule has 1 N–H and O–H groups in total. The second-order valence-corrected chi connectivity index (χ2v) is 5.63. The molecule has 1 rings (SSSR count). The Morgan fingerprint density at radius 1 is 1.50 bits per heavy atom. The second kappa shape index (κ2) is 7.74. The van der Waals surface area contributed by atoms with Gasteiger partial charge in [-0.05, 0) is 32.2 Å². The standard InChI is InChI=1S/C14H28N2O2/c1-5-18-14(17)13(15-11(2)3)10-16-8-6-7-12(4)9-16/h11-13,15H,5-10H2,1-4H3.